The third-order valence-corrected chi connectivity index (χ3v) is 6.39. The van der Waals surface area contributed by atoms with E-state index in [0.717, 1.165) is 18.4 Å². The molecule has 0 saturated heterocycles. The summed E-state index contributed by atoms with van der Waals surface area (Å²) in [6.07, 6.45) is 2.01. The quantitative estimate of drug-likeness (QED) is 0.479. The number of ether oxygens (including phenoxy) is 1. The van der Waals surface area contributed by atoms with E-state index in [1.54, 1.807) is 12.1 Å². The highest BCUT2D eigenvalue weighted by atomic mass is 35.5. The predicted molar refractivity (Wildman–Crippen MR) is 122 cm³/mol. The Labute approximate surface area is 194 Å². The second-order valence-electron chi connectivity index (χ2n) is 7.20. The smallest absolute Gasteiger partial charge is 0.321 e. The molecule has 1 saturated carbocycles. The molecule has 166 valence electrons. The fourth-order valence-electron chi connectivity index (χ4n) is 3.14. The monoisotopic (exact) mass is 471 g/mol. The van der Waals surface area contributed by atoms with Gasteiger partial charge >= 0.3 is 6.03 Å². The van der Waals surface area contributed by atoms with Crippen molar-refractivity contribution in [2.24, 2.45) is 0 Å². The predicted octanol–water partition coefficient (Wildman–Crippen LogP) is 4.13. The number of urea groups is 1. The summed E-state index contributed by atoms with van der Waals surface area (Å²) in [7, 11) is 1.46. The number of imide groups is 1. The number of nitrogens with one attached hydrogen (secondary N) is 2. The summed E-state index contributed by atoms with van der Waals surface area (Å²) in [5.41, 5.74) is 0.762. The number of carbonyl (C=O) groups excluding carboxylic acids is 2. The highest BCUT2D eigenvalue weighted by Crippen LogP contribution is 2.42. The largest absolute Gasteiger partial charge is 0.484 e. The summed E-state index contributed by atoms with van der Waals surface area (Å²) in [5, 5.41) is 13.9. The lowest BCUT2D eigenvalue weighted by Gasteiger charge is -2.17. The molecule has 1 heterocycles. The van der Waals surface area contributed by atoms with Crippen molar-refractivity contribution in [3.63, 3.8) is 0 Å². The van der Waals surface area contributed by atoms with Crippen molar-refractivity contribution < 1.29 is 14.3 Å². The van der Waals surface area contributed by atoms with Crippen LogP contribution in [0.15, 0.2) is 59.8 Å². The van der Waals surface area contributed by atoms with Crippen LogP contribution < -0.4 is 15.4 Å². The van der Waals surface area contributed by atoms with Crippen LogP contribution >= 0.6 is 23.4 Å². The van der Waals surface area contributed by atoms with E-state index in [4.69, 9.17) is 16.3 Å². The van der Waals surface area contributed by atoms with Gasteiger partial charge in [0, 0.05) is 13.1 Å². The van der Waals surface area contributed by atoms with E-state index in [1.165, 1.54) is 18.8 Å². The number of benzene rings is 2. The normalized spacial score (nSPS) is 13.9. The van der Waals surface area contributed by atoms with Crippen molar-refractivity contribution in [3.05, 3.63) is 71.0 Å². The lowest BCUT2D eigenvalue weighted by Crippen LogP contribution is -2.39. The highest BCUT2D eigenvalue weighted by molar-refractivity contribution is 8.00. The van der Waals surface area contributed by atoms with Crippen LogP contribution in [0.2, 0.25) is 5.02 Å². The number of para-hydroxylation sites is 1. The summed E-state index contributed by atoms with van der Waals surface area (Å²) < 4.78 is 7.88. The molecular weight excluding hydrogens is 450 g/mol. The Morgan fingerprint density at radius 1 is 1.16 bits per heavy atom. The second-order valence-corrected chi connectivity index (χ2v) is 8.68. The van der Waals surface area contributed by atoms with Crippen LogP contribution in [0.25, 0.3) is 0 Å². The minimum atomic E-state index is -0.674. The number of nitrogens with zero attached hydrogens (tertiary/aromatic N) is 3. The maximum atomic E-state index is 12.9. The first kappa shape index (κ1) is 22.2. The Balaban J connectivity index is 1.58. The van der Waals surface area contributed by atoms with Gasteiger partial charge < -0.3 is 10.1 Å². The molecule has 3 amide bonds. The Morgan fingerprint density at radius 3 is 2.56 bits per heavy atom. The van der Waals surface area contributed by atoms with E-state index in [2.05, 4.69) is 20.8 Å². The van der Waals surface area contributed by atoms with E-state index >= 15 is 0 Å². The van der Waals surface area contributed by atoms with E-state index in [0.29, 0.717) is 21.8 Å². The molecule has 10 heteroatoms. The molecule has 2 aromatic carbocycles. The van der Waals surface area contributed by atoms with Gasteiger partial charge in [-0.3, -0.25) is 14.7 Å². The van der Waals surface area contributed by atoms with Gasteiger partial charge in [0.2, 0.25) is 5.91 Å². The van der Waals surface area contributed by atoms with Crippen LogP contribution in [0.5, 0.6) is 5.75 Å². The van der Waals surface area contributed by atoms with E-state index in [1.807, 2.05) is 47.0 Å². The molecule has 2 N–H and O–H groups in total. The molecule has 3 aromatic rings. The summed E-state index contributed by atoms with van der Waals surface area (Å²) in [6, 6.07) is 16.2. The number of halogens is 1. The molecule has 0 spiro atoms. The van der Waals surface area contributed by atoms with Crippen LogP contribution in [0.3, 0.4) is 0 Å². The zero-order valence-corrected chi connectivity index (χ0v) is 18.9. The summed E-state index contributed by atoms with van der Waals surface area (Å²) in [6.45, 7) is 0.203. The fraction of sp³-hybridized carbons (Fsp3) is 0.273. The number of thioether (sulfide) groups is 1. The van der Waals surface area contributed by atoms with Crippen LogP contribution in [-0.4, -0.2) is 33.8 Å². The molecule has 8 nitrogen and oxygen atoms in total. The van der Waals surface area contributed by atoms with Crippen molar-refractivity contribution in [2.45, 2.75) is 35.9 Å². The topological polar surface area (TPSA) is 98.1 Å². The first-order chi connectivity index (χ1) is 15.6. The van der Waals surface area contributed by atoms with Crippen molar-refractivity contribution in [2.75, 3.05) is 7.05 Å². The van der Waals surface area contributed by atoms with E-state index in [9.17, 15) is 9.59 Å². The van der Waals surface area contributed by atoms with Gasteiger partial charge in [0.05, 0.1) is 5.02 Å². The number of amides is 3. The number of carbonyl (C=O) groups is 2. The van der Waals surface area contributed by atoms with Gasteiger partial charge in [0.1, 0.15) is 17.6 Å². The van der Waals surface area contributed by atoms with Crippen molar-refractivity contribution in [1.29, 1.82) is 0 Å². The average molecular weight is 472 g/mol. The Bertz CT molecular complexity index is 1100. The molecule has 32 heavy (non-hydrogen) atoms. The molecule has 0 aliphatic heterocycles. The van der Waals surface area contributed by atoms with Gasteiger partial charge in [-0.05, 0) is 30.5 Å². The van der Waals surface area contributed by atoms with E-state index in [-0.39, 0.29) is 12.6 Å². The van der Waals surface area contributed by atoms with Gasteiger partial charge in [0.25, 0.3) is 0 Å². The van der Waals surface area contributed by atoms with Crippen LogP contribution in [0.4, 0.5) is 4.79 Å². The third kappa shape index (κ3) is 5.23. The number of rotatable bonds is 8. The van der Waals surface area contributed by atoms with Gasteiger partial charge in [-0.1, -0.05) is 65.8 Å². The molecule has 1 atom stereocenters. The van der Waals surface area contributed by atoms with Crippen molar-refractivity contribution >= 4 is 35.3 Å². The molecule has 0 unspecified atom stereocenters. The molecule has 1 fully saturated rings. The molecule has 1 aliphatic carbocycles. The molecule has 0 bridgehead atoms. The minimum Gasteiger partial charge on any atom is -0.484 e. The Morgan fingerprint density at radius 2 is 1.88 bits per heavy atom. The van der Waals surface area contributed by atoms with Crippen molar-refractivity contribution in [1.82, 2.24) is 25.4 Å². The first-order valence-electron chi connectivity index (χ1n) is 10.1. The summed E-state index contributed by atoms with van der Waals surface area (Å²) in [4.78, 5) is 24.6. The van der Waals surface area contributed by atoms with Gasteiger partial charge in [-0.25, -0.2) is 4.79 Å². The van der Waals surface area contributed by atoms with Crippen LogP contribution in [0, 0.1) is 0 Å². The molecule has 0 radical (unpaired) electrons. The molecular formula is C22H22ClN5O3S. The highest BCUT2D eigenvalue weighted by Gasteiger charge is 2.33. The molecule has 1 aliphatic rings. The van der Waals surface area contributed by atoms with Crippen LogP contribution in [0.1, 0.15) is 35.5 Å². The lowest BCUT2D eigenvalue weighted by molar-refractivity contribution is -0.119. The summed E-state index contributed by atoms with van der Waals surface area (Å²) >= 11 is 7.44. The summed E-state index contributed by atoms with van der Waals surface area (Å²) in [5.74, 6) is 0.800. The maximum Gasteiger partial charge on any atom is 0.321 e. The number of aromatic nitrogens is 3. The zero-order valence-electron chi connectivity index (χ0n) is 17.3. The number of hydrogen-bond donors (Lipinski definition) is 2. The van der Waals surface area contributed by atoms with Gasteiger partial charge in [0.15, 0.2) is 11.0 Å². The van der Waals surface area contributed by atoms with Gasteiger partial charge in [-0.15, -0.1) is 10.2 Å². The van der Waals surface area contributed by atoms with Crippen LogP contribution in [-0.2, 0) is 11.4 Å². The standard InChI is InChI=1S/C22H22ClN5O3S/c1-24-21(30)25-20(29)19(14-7-3-2-4-8-14)32-22-27-26-18(28(22)15-11-12-15)13-31-17-10-6-5-9-16(17)23/h2-10,15,19H,11-13H2,1H3,(H2,24,25,29,30)/t19-/m0/s1. The first-order valence-corrected chi connectivity index (χ1v) is 11.4. The maximum absolute atomic E-state index is 12.9. The fourth-order valence-corrected chi connectivity index (χ4v) is 4.45. The molecule has 4 rings (SSSR count). The third-order valence-electron chi connectivity index (χ3n) is 4.87. The van der Waals surface area contributed by atoms with Gasteiger partial charge in [-0.2, -0.15) is 0 Å². The molecule has 1 aromatic heterocycles. The lowest BCUT2D eigenvalue weighted by atomic mass is 10.1. The zero-order chi connectivity index (χ0) is 22.5. The second kappa shape index (κ2) is 10.1. The van der Waals surface area contributed by atoms with Crippen molar-refractivity contribution in [3.8, 4) is 5.75 Å². The minimum absolute atomic E-state index is 0.203. The average Bonchev–Trinajstić information content (AvgIpc) is 3.57. The Hall–Kier alpha value is -3.04. The van der Waals surface area contributed by atoms with E-state index < -0.39 is 17.2 Å². The SMILES string of the molecule is CNC(=O)NC(=O)[C@@H](Sc1nnc(COc2ccccc2Cl)n1C1CC1)c1ccccc1. The Kier molecular flexibility index (Phi) is 6.96. The number of hydrogen-bond acceptors (Lipinski definition) is 6.